The molecule has 0 aromatic heterocycles. The van der Waals surface area contributed by atoms with Gasteiger partial charge in [-0.15, -0.1) is 0 Å². The van der Waals surface area contributed by atoms with E-state index in [-0.39, 0.29) is 47.5 Å². The third kappa shape index (κ3) is 10.3. The molecule has 46 heavy (non-hydrogen) atoms. The molecule has 0 spiro atoms. The Kier molecular flexibility index (Phi) is 11.9. The SMILES string of the molecule is CC(=O)OC1CCCCC1C[N+](C)(C)CC(=O)c1ccc(-c2ccc(C(=O)C[N+](C)(C)CC3CCCCC3OC(C)=O)cc2)cc1. The number of benzene rings is 2. The van der Waals surface area contributed by atoms with Gasteiger partial charge in [-0.25, -0.2) is 0 Å². The molecule has 4 atom stereocenters. The van der Waals surface area contributed by atoms with Gasteiger partial charge in [0.15, 0.2) is 0 Å². The van der Waals surface area contributed by atoms with Crippen LogP contribution in [0, 0.1) is 11.8 Å². The Balaban J connectivity index is 1.32. The fourth-order valence-electron chi connectivity index (χ4n) is 7.56. The fraction of sp³-hybridized carbons (Fsp3) is 0.579. The van der Waals surface area contributed by atoms with Gasteiger partial charge in [-0.2, -0.15) is 0 Å². The molecule has 2 fully saturated rings. The Hall–Kier alpha value is -3.36. The van der Waals surface area contributed by atoms with Gasteiger partial charge in [0, 0.05) is 36.8 Å². The van der Waals surface area contributed by atoms with Crippen LogP contribution in [0.25, 0.3) is 11.1 Å². The number of hydrogen-bond donors (Lipinski definition) is 0. The first-order valence-electron chi connectivity index (χ1n) is 17.0. The molecule has 0 N–H and O–H groups in total. The summed E-state index contributed by atoms with van der Waals surface area (Å²) in [5, 5.41) is 0. The van der Waals surface area contributed by atoms with Crippen LogP contribution in [0.2, 0.25) is 0 Å². The van der Waals surface area contributed by atoms with Crippen LogP contribution in [-0.2, 0) is 19.1 Å². The van der Waals surface area contributed by atoms with Gasteiger partial charge in [-0.1, -0.05) is 61.4 Å². The lowest BCUT2D eigenvalue weighted by Crippen LogP contribution is -2.50. The summed E-state index contributed by atoms with van der Waals surface area (Å²) in [6.07, 6.45) is 8.10. The molecule has 0 heterocycles. The minimum Gasteiger partial charge on any atom is -0.462 e. The summed E-state index contributed by atoms with van der Waals surface area (Å²) >= 11 is 0. The molecule has 0 radical (unpaired) electrons. The highest BCUT2D eigenvalue weighted by atomic mass is 16.5. The second kappa shape index (κ2) is 15.5. The molecule has 8 nitrogen and oxygen atoms in total. The molecule has 2 saturated carbocycles. The Morgan fingerprint density at radius 1 is 0.565 bits per heavy atom. The maximum atomic E-state index is 13.3. The van der Waals surface area contributed by atoms with Crippen LogP contribution in [0.5, 0.6) is 0 Å². The summed E-state index contributed by atoms with van der Waals surface area (Å²) < 4.78 is 12.3. The summed E-state index contributed by atoms with van der Waals surface area (Å²) in [7, 11) is 8.29. The third-order valence-electron chi connectivity index (χ3n) is 9.66. The van der Waals surface area contributed by atoms with Gasteiger partial charge in [0.25, 0.3) is 0 Å². The van der Waals surface area contributed by atoms with Crippen molar-refractivity contribution in [2.24, 2.45) is 11.8 Å². The summed E-state index contributed by atoms with van der Waals surface area (Å²) in [5.41, 5.74) is 3.33. The predicted molar refractivity (Wildman–Crippen MR) is 179 cm³/mol. The van der Waals surface area contributed by atoms with Gasteiger partial charge in [-0.3, -0.25) is 19.2 Å². The molecule has 4 unspecified atom stereocenters. The van der Waals surface area contributed by atoms with Crippen LogP contribution in [0.1, 0.15) is 85.9 Å². The monoisotopic (exact) mass is 634 g/mol. The highest BCUT2D eigenvalue weighted by molar-refractivity contribution is 5.98. The minimum atomic E-state index is -0.232. The lowest BCUT2D eigenvalue weighted by Gasteiger charge is -2.37. The number of ketones is 2. The second-order valence-corrected chi connectivity index (χ2v) is 14.9. The minimum absolute atomic E-state index is 0.0618. The molecule has 0 bridgehead atoms. The summed E-state index contributed by atoms with van der Waals surface area (Å²) in [5.74, 6) is 0.239. The van der Waals surface area contributed by atoms with E-state index in [1.54, 1.807) is 0 Å². The van der Waals surface area contributed by atoms with Gasteiger partial charge in [-0.05, 0) is 49.7 Å². The van der Waals surface area contributed by atoms with Crippen LogP contribution in [0.3, 0.4) is 0 Å². The predicted octanol–water partition coefficient (Wildman–Crippen LogP) is 6.12. The Morgan fingerprint density at radius 3 is 1.22 bits per heavy atom. The molecule has 2 aromatic carbocycles. The van der Waals surface area contributed by atoms with Gasteiger partial charge in [0.1, 0.15) is 25.3 Å². The Labute approximate surface area is 275 Å². The number of Topliss-reactive ketones (excluding diaryl/α,β-unsaturated/α-hetero) is 2. The van der Waals surface area contributed by atoms with E-state index in [2.05, 4.69) is 28.2 Å². The molecule has 0 amide bonds. The number of carbonyl (C=O) groups is 4. The van der Waals surface area contributed by atoms with Crippen LogP contribution in [0.4, 0.5) is 0 Å². The molecule has 8 heteroatoms. The molecular weight excluding hydrogens is 580 g/mol. The molecule has 2 aliphatic rings. The standard InChI is InChI=1S/C38H54N2O6/c1-27(41)45-37-13-9-7-11-33(37)23-39(3,4)25-35(43)31-19-15-29(16-20-31)30-17-21-32(22-18-30)36(44)26-40(5,6)24-34-12-8-10-14-38(34)46-28(2)42/h15-22,33-34,37-38H,7-14,23-26H2,1-6H3/q+2. The zero-order chi connectivity index (χ0) is 33.5. The topological polar surface area (TPSA) is 86.7 Å². The average Bonchev–Trinajstić information content (AvgIpc) is 2.98. The number of ether oxygens (including phenoxy) is 2. The van der Waals surface area contributed by atoms with Gasteiger partial charge in [0.05, 0.1) is 41.3 Å². The normalized spacial score (nSPS) is 22.1. The lowest BCUT2D eigenvalue weighted by atomic mass is 9.85. The van der Waals surface area contributed by atoms with E-state index in [0.717, 1.165) is 75.6 Å². The second-order valence-electron chi connectivity index (χ2n) is 14.9. The highest BCUT2D eigenvalue weighted by Gasteiger charge is 2.35. The van der Waals surface area contributed by atoms with Gasteiger partial charge >= 0.3 is 11.9 Å². The van der Waals surface area contributed by atoms with Crippen LogP contribution >= 0.6 is 0 Å². The quantitative estimate of drug-likeness (QED) is 0.150. The van der Waals surface area contributed by atoms with Crippen molar-refractivity contribution in [2.45, 2.75) is 77.4 Å². The molecule has 0 saturated heterocycles. The van der Waals surface area contributed by atoms with Crippen molar-refractivity contribution >= 4 is 23.5 Å². The van der Waals surface area contributed by atoms with Crippen molar-refractivity contribution < 1.29 is 37.6 Å². The molecule has 0 aliphatic heterocycles. The Bertz CT molecular complexity index is 1260. The molecule has 4 rings (SSSR count). The zero-order valence-electron chi connectivity index (χ0n) is 28.8. The number of likely N-dealkylation sites (N-methyl/N-ethyl adjacent to an activating group) is 2. The van der Waals surface area contributed by atoms with Crippen molar-refractivity contribution in [1.29, 1.82) is 0 Å². The smallest absolute Gasteiger partial charge is 0.302 e. The van der Waals surface area contributed by atoms with E-state index in [9.17, 15) is 19.2 Å². The van der Waals surface area contributed by atoms with Gasteiger partial charge < -0.3 is 18.4 Å². The fourth-order valence-corrected chi connectivity index (χ4v) is 7.56. The first kappa shape index (κ1) is 35.5. The molecule has 250 valence electrons. The molecular formula is C38H54N2O6+2. The van der Waals surface area contributed by atoms with Crippen LogP contribution in [-0.4, -0.2) is 99.0 Å². The summed E-state index contributed by atoms with van der Waals surface area (Å²) in [6.45, 7) is 5.27. The number of hydrogen-bond acceptors (Lipinski definition) is 6. The summed E-state index contributed by atoms with van der Waals surface area (Å²) in [4.78, 5) is 49.7. The maximum absolute atomic E-state index is 13.3. The largest absolute Gasteiger partial charge is 0.462 e. The van der Waals surface area contributed by atoms with E-state index >= 15 is 0 Å². The van der Waals surface area contributed by atoms with Crippen molar-refractivity contribution in [1.82, 2.24) is 0 Å². The first-order chi connectivity index (χ1) is 21.7. The highest BCUT2D eigenvalue weighted by Crippen LogP contribution is 2.31. The van der Waals surface area contributed by atoms with E-state index in [1.807, 2.05) is 48.5 Å². The molecule has 2 aromatic rings. The summed E-state index contributed by atoms with van der Waals surface area (Å²) in [6, 6.07) is 15.4. The van der Waals surface area contributed by atoms with Crippen LogP contribution < -0.4 is 0 Å². The third-order valence-corrected chi connectivity index (χ3v) is 9.66. The van der Waals surface area contributed by atoms with E-state index in [1.165, 1.54) is 13.8 Å². The number of esters is 2. The maximum Gasteiger partial charge on any atom is 0.302 e. The van der Waals surface area contributed by atoms with E-state index in [0.29, 0.717) is 33.2 Å². The van der Waals surface area contributed by atoms with Crippen LogP contribution in [0.15, 0.2) is 48.5 Å². The number of carbonyl (C=O) groups excluding carboxylic acids is 4. The number of quaternary nitrogens is 2. The van der Waals surface area contributed by atoms with E-state index in [4.69, 9.17) is 9.47 Å². The van der Waals surface area contributed by atoms with Crippen molar-refractivity contribution in [3.63, 3.8) is 0 Å². The number of rotatable bonds is 13. The number of nitrogens with zero attached hydrogens (tertiary/aromatic N) is 2. The molecule has 2 aliphatic carbocycles. The lowest BCUT2D eigenvalue weighted by molar-refractivity contribution is -0.885. The Morgan fingerprint density at radius 2 is 0.891 bits per heavy atom. The van der Waals surface area contributed by atoms with Gasteiger partial charge in [0.2, 0.25) is 11.6 Å². The van der Waals surface area contributed by atoms with E-state index < -0.39 is 0 Å². The average molecular weight is 635 g/mol. The zero-order valence-corrected chi connectivity index (χ0v) is 28.8. The van der Waals surface area contributed by atoms with Crippen molar-refractivity contribution in [3.05, 3.63) is 59.7 Å². The first-order valence-corrected chi connectivity index (χ1v) is 17.0. The van der Waals surface area contributed by atoms with Crippen molar-refractivity contribution in [3.8, 4) is 11.1 Å². The van der Waals surface area contributed by atoms with Crippen molar-refractivity contribution in [2.75, 3.05) is 54.4 Å².